The Morgan fingerprint density at radius 3 is 2.61 bits per heavy atom. The first-order valence-electron chi connectivity index (χ1n) is 6.32. The number of azide groups is 1. The monoisotopic (exact) mass is 322 g/mol. The van der Waals surface area contributed by atoms with Gasteiger partial charge in [-0.25, -0.2) is 4.79 Å². The molecule has 0 radical (unpaired) electrons. The van der Waals surface area contributed by atoms with Crippen LogP contribution in [0.3, 0.4) is 0 Å². The molecule has 0 aliphatic heterocycles. The number of nitro benzene ring substituents is 1. The van der Waals surface area contributed by atoms with Gasteiger partial charge in [-0.1, -0.05) is 5.11 Å². The van der Waals surface area contributed by atoms with E-state index < -0.39 is 10.9 Å². The number of hydrogen-bond acceptors (Lipinski definition) is 7. The van der Waals surface area contributed by atoms with Gasteiger partial charge < -0.3 is 14.2 Å². The number of rotatable bonds is 7. The summed E-state index contributed by atoms with van der Waals surface area (Å²) in [7, 11) is 2.58. The third kappa shape index (κ3) is 4.35. The van der Waals surface area contributed by atoms with Crippen LogP contribution in [0.1, 0.15) is 12.5 Å². The third-order valence-corrected chi connectivity index (χ3v) is 2.62. The van der Waals surface area contributed by atoms with Crippen molar-refractivity contribution in [3.8, 4) is 11.5 Å². The minimum absolute atomic E-state index is 0.0591. The van der Waals surface area contributed by atoms with Gasteiger partial charge in [-0.2, -0.15) is 0 Å². The molecule has 0 atom stereocenters. The normalized spacial score (nSPS) is 10.5. The molecule has 1 aromatic rings. The SMILES string of the molecule is CCOC(=O)/C(=C/c1cc(OC)c(OC)c([N+](=O)[O-])c1)N=[N+]=[N-]. The Hall–Kier alpha value is -3.26. The molecule has 10 heteroatoms. The molecule has 0 heterocycles. The number of carbonyl (C=O) groups excluding carboxylic acids is 1. The van der Waals surface area contributed by atoms with Crippen LogP contribution in [0, 0.1) is 10.1 Å². The quantitative estimate of drug-likeness (QED) is 0.144. The van der Waals surface area contributed by atoms with Crippen LogP contribution >= 0.6 is 0 Å². The topological polar surface area (TPSA) is 137 Å². The second-order valence-corrected chi connectivity index (χ2v) is 3.97. The highest BCUT2D eigenvalue weighted by Gasteiger charge is 2.21. The van der Waals surface area contributed by atoms with E-state index in [4.69, 9.17) is 19.7 Å². The number of ether oxygens (including phenoxy) is 3. The molecular formula is C13H14N4O6. The second kappa shape index (κ2) is 8.25. The van der Waals surface area contributed by atoms with E-state index in [-0.39, 0.29) is 35.1 Å². The van der Waals surface area contributed by atoms with Gasteiger partial charge in [-0.15, -0.1) is 0 Å². The average molecular weight is 322 g/mol. The molecule has 0 bridgehead atoms. The van der Waals surface area contributed by atoms with Gasteiger partial charge in [0.15, 0.2) is 5.75 Å². The van der Waals surface area contributed by atoms with Gasteiger partial charge in [0.2, 0.25) is 5.75 Å². The summed E-state index contributed by atoms with van der Waals surface area (Å²) in [5, 5.41) is 14.4. The minimum Gasteiger partial charge on any atom is -0.493 e. The Balaban J connectivity index is 3.49. The fraction of sp³-hybridized carbons (Fsp3) is 0.308. The lowest BCUT2D eigenvalue weighted by Crippen LogP contribution is -2.05. The molecule has 1 rings (SSSR count). The molecule has 0 N–H and O–H groups in total. The summed E-state index contributed by atoms with van der Waals surface area (Å²) in [6.07, 6.45) is 1.16. The molecule has 122 valence electrons. The summed E-state index contributed by atoms with van der Waals surface area (Å²) in [4.78, 5) is 24.7. The van der Waals surface area contributed by atoms with Crippen molar-refractivity contribution in [1.82, 2.24) is 0 Å². The van der Waals surface area contributed by atoms with E-state index in [0.717, 1.165) is 12.1 Å². The van der Waals surface area contributed by atoms with Gasteiger partial charge in [-0.05, 0) is 30.2 Å². The molecule has 23 heavy (non-hydrogen) atoms. The zero-order valence-corrected chi connectivity index (χ0v) is 12.7. The highest BCUT2D eigenvalue weighted by atomic mass is 16.6. The first-order valence-corrected chi connectivity index (χ1v) is 6.32. The first-order chi connectivity index (χ1) is 11.0. The number of benzene rings is 1. The lowest BCUT2D eigenvalue weighted by Gasteiger charge is -2.09. The molecule has 0 unspecified atom stereocenters. The summed E-state index contributed by atoms with van der Waals surface area (Å²) in [5.41, 5.74) is 8.03. The number of esters is 1. The molecule has 0 aromatic heterocycles. The summed E-state index contributed by atoms with van der Waals surface area (Å²) in [6, 6.07) is 2.56. The predicted molar refractivity (Wildman–Crippen MR) is 80.0 cm³/mol. The molecule has 0 saturated carbocycles. The highest BCUT2D eigenvalue weighted by molar-refractivity contribution is 5.93. The molecule has 0 amide bonds. The maximum atomic E-state index is 11.7. The number of nitro groups is 1. The molecule has 0 aliphatic carbocycles. The lowest BCUT2D eigenvalue weighted by atomic mass is 10.1. The Bertz CT molecular complexity index is 694. The van der Waals surface area contributed by atoms with Crippen molar-refractivity contribution >= 4 is 17.7 Å². The van der Waals surface area contributed by atoms with Crippen molar-refractivity contribution in [3.63, 3.8) is 0 Å². The van der Waals surface area contributed by atoms with E-state index in [1.54, 1.807) is 6.92 Å². The molecule has 0 aliphatic rings. The smallest absolute Gasteiger partial charge is 0.340 e. The van der Waals surface area contributed by atoms with Crippen LogP contribution in [0.15, 0.2) is 22.9 Å². The summed E-state index contributed by atoms with van der Waals surface area (Å²) >= 11 is 0. The number of nitrogens with zero attached hydrogens (tertiary/aromatic N) is 4. The highest BCUT2D eigenvalue weighted by Crippen LogP contribution is 2.38. The van der Waals surface area contributed by atoms with E-state index in [1.807, 2.05) is 0 Å². The zero-order chi connectivity index (χ0) is 17.4. The van der Waals surface area contributed by atoms with Gasteiger partial charge in [0.05, 0.1) is 25.7 Å². The van der Waals surface area contributed by atoms with Crippen molar-refractivity contribution in [2.45, 2.75) is 6.92 Å². The third-order valence-electron chi connectivity index (χ3n) is 2.62. The first kappa shape index (κ1) is 17.8. The largest absolute Gasteiger partial charge is 0.493 e. The van der Waals surface area contributed by atoms with Crippen LogP contribution in [0.25, 0.3) is 16.5 Å². The Morgan fingerprint density at radius 2 is 2.13 bits per heavy atom. The summed E-state index contributed by atoms with van der Waals surface area (Å²) < 4.78 is 14.7. The fourth-order valence-electron chi connectivity index (χ4n) is 1.72. The zero-order valence-electron chi connectivity index (χ0n) is 12.7. The fourth-order valence-corrected chi connectivity index (χ4v) is 1.72. The minimum atomic E-state index is -0.845. The van der Waals surface area contributed by atoms with Crippen LogP contribution in [-0.2, 0) is 9.53 Å². The van der Waals surface area contributed by atoms with Gasteiger partial charge in [-0.3, -0.25) is 10.1 Å². The van der Waals surface area contributed by atoms with E-state index in [9.17, 15) is 14.9 Å². The van der Waals surface area contributed by atoms with E-state index in [0.29, 0.717) is 0 Å². The van der Waals surface area contributed by atoms with Crippen molar-refractivity contribution in [2.24, 2.45) is 5.11 Å². The maximum Gasteiger partial charge on any atom is 0.340 e. The predicted octanol–water partition coefficient (Wildman–Crippen LogP) is 2.83. The van der Waals surface area contributed by atoms with E-state index >= 15 is 0 Å². The van der Waals surface area contributed by atoms with Crippen molar-refractivity contribution in [2.75, 3.05) is 20.8 Å². The Morgan fingerprint density at radius 1 is 1.43 bits per heavy atom. The van der Waals surface area contributed by atoms with Crippen LogP contribution < -0.4 is 9.47 Å². The molecule has 0 fully saturated rings. The van der Waals surface area contributed by atoms with Crippen molar-refractivity contribution in [3.05, 3.63) is 44.0 Å². The van der Waals surface area contributed by atoms with Crippen LogP contribution in [0.2, 0.25) is 0 Å². The molecule has 1 aromatic carbocycles. The van der Waals surface area contributed by atoms with Crippen LogP contribution in [0.5, 0.6) is 11.5 Å². The Labute approximate surface area is 131 Å². The van der Waals surface area contributed by atoms with E-state index in [1.165, 1.54) is 20.3 Å². The number of methoxy groups -OCH3 is 2. The molecule has 0 spiro atoms. The van der Waals surface area contributed by atoms with Gasteiger partial charge in [0.1, 0.15) is 5.70 Å². The van der Waals surface area contributed by atoms with E-state index in [2.05, 4.69) is 10.0 Å². The van der Waals surface area contributed by atoms with Gasteiger partial charge >= 0.3 is 11.7 Å². The summed E-state index contributed by atoms with van der Waals surface area (Å²) in [6.45, 7) is 1.68. The number of carbonyl (C=O) groups is 1. The van der Waals surface area contributed by atoms with Gasteiger partial charge in [0.25, 0.3) is 0 Å². The van der Waals surface area contributed by atoms with Crippen LogP contribution in [-0.4, -0.2) is 31.7 Å². The molecule has 10 nitrogen and oxygen atoms in total. The van der Waals surface area contributed by atoms with Crippen LogP contribution in [0.4, 0.5) is 5.69 Å². The van der Waals surface area contributed by atoms with Crippen molar-refractivity contribution < 1.29 is 23.9 Å². The van der Waals surface area contributed by atoms with Crippen molar-refractivity contribution in [1.29, 1.82) is 0 Å². The maximum absolute atomic E-state index is 11.7. The molecule has 0 saturated heterocycles. The lowest BCUT2D eigenvalue weighted by molar-refractivity contribution is -0.385. The second-order valence-electron chi connectivity index (χ2n) is 3.97. The number of hydrogen-bond donors (Lipinski definition) is 0. The Kier molecular flexibility index (Phi) is 6.38. The molecular weight excluding hydrogens is 308 g/mol. The average Bonchev–Trinajstić information content (AvgIpc) is 2.53. The summed E-state index contributed by atoms with van der Waals surface area (Å²) in [5.74, 6) is -0.809. The van der Waals surface area contributed by atoms with Gasteiger partial charge in [0, 0.05) is 11.0 Å². The standard InChI is InChI=1S/C13H14N4O6/c1-4-23-13(18)9(15-16-14)5-8-6-10(17(19)20)12(22-3)11(7-8)21-2/h5-7H,4H2,1-3H3/b9-5-.